The number of aliphatic hydroxyl groups is 1. The van der Waals surface area contributed by atoms with Crippen LogP contribution in [0.3, 0.4) is 0 Å². The van der Waals surface area contributed by atoms with Crippen molar-refractivity contribution in [2.24, 2.45) is 0 Å². The van der Waals surface area contributed by atoms with Crippen molar-refractivity contribution in [1.82, 2.24) is 4.90 Å². The molecule has 4 heteroatoms. The molecule has 2 unspecified atom stereocenters. The van der Waals surface area contributed by atoms with E-state index in [1.807, 2.05) is 35.2 Å². The number of nitrogens with zero attached hydrogens (tertiary/aromatic N) is 1. The number of rotatable bonds is 2. The van der Waals surface area contributed by atoms with Crippen LogP contribution in [-0.2, 0) is 4.79 Å². The molecular formula is C16H18BrNO2. The number of halogens is 1. The monoisotopic (exact) mass is 335 g/mol. The average Bonchev–Trinajstić information content (AvgIpc) is 2.70. The molecule has 0 spiro atoms. The molecule has 1 amide bonds. The summed E-state index contributed by atoms with van der Waals surface area (Å²) in [4.78, 5) is 14.3. The molecule has 20 heavy (non-hydrogen) atoms. The van der Waals surface area contributed by atoms with Crippen LogP contribution < -0.4 is 0 Å². The van der Waals surface area contributed by atoms with Crippen LogP contribution in [0.1, 0.15) is 31.2 Å². The van der Waals surface area contributed by atoms with E-state index in [1.54, 1.807) is 6.08 Å². The van der Waals surface area contributed by atoms with Crippen molar-refractivity contribution in [2.75, 3.05) is 0 Å². The normalized spacial score (nSPS) is 29.1. The first kappa shape index (κ1) is 13.8. The lowest BCUT2D eigenvalue weighted by Crippen LogP contribution is -2.47. The van der Waals surface area contributed by atoms with E-state index in [0.29, 0.717) is 0 Å². The van der Waals surface area contributed by atoms with Gasteiger partial charge < -0.3 is 10.0 Å². The van der Waals surface area contributed by atoms with E-state index >= 15 is 0 Å². The Morgan fingerprint density at radius 1 is 1.20 bits per heavy atom. The highest BCUT2D eigenvalue weighted by Crippen LogP contribution is 2.35. The molecule has 0 aromatic heterocycles. The largest absolute Gasteiger partial charge is 0.393 e. The number of carbonyl (C=O) groups excluding carboxylic acids is 1. The van der Waals surface area contributed by atoms with E-state index in [4.69, 9.17) is 0 Å². The summed E-state index contributed by atoms with van der Waals surface area (Å²) in [5.41, 5.74) is 1.02. The Labute approximate surface area is 127 Å². The van der Waals surface area contributed by atoms with Gasteiger partial charge in [0.05, 0.1) is 6.10 Å². The Bertz CT molecular complexity index is 512. The highest BCUT2D eigenvalue weighted by atomic mass is 79.9. The van der Waals surface area contributed by atoms with Crippen LogP contribution in [-0.4, -0.2) is 34.1 Å². The highest BCUT2D eigenvalue weighted by Gasteiger charge is 2.41. The van der Waals surface area contributed by atoms with E-state index < -0.39 is 0 Å². The zero-order chi connectivity index (χ0) is 14.1. The maximum absolute atomic E-state index is 12.4. The van der Waals surface area contributed by atoms with Crippen molar-refractivity contribution in [1.29, 1.82) is 0 Å². The minimum absolute atomic E-state index is 0.0762. The molecule has 2 heterocycles. The lowest BCUT2D eigenvalue weighted by molar-refractivity contribution is -0.131. The minimum atomic E-state index is -0.230. The van der Waals surface area contributed by atoms with Gasteiger partial charge in [-0.05, 0) is 49.5 Å². The lowest BCUT2D eigenvalue weighted by Gasteiger charge is -2.36. The van der Waals surface area contributed by atoms with Gasteiger partial charge in [0.25, 0.3) is 0 Å². The summed E-state index contributed by atoms with van der Waals surface area (Å²) < 4.78 is 1.03. The van der Waals surface area contributed by atoms with Crippen molar-refractivity contribution >= 4 is 27.9 Å². The number of piperidine rings is 1. The topological polar surface area (TPSA) is 40.5 Å². The van der Waals surface area contributed by atoms with E-state index in [1.165, 1.54) is 0 Å². The Kier molecular flexibility index (Phi) is 3.94. The minimum Gasteiger partial charge on any atom is -0.393 e. The Hall–Kier alpha value is -1.13. The first-order valence-corrected chi connectivity index (χ1v) is 7.87. The van der Waals surface area contributed by atoms with Crippen LogP contribution >= 0.6 is 15.9 Å². The van der Waals surface area contributed by atoms with Gasteiger partial charge >= 0.3 is 0 Å². The molecule has 2 bridgehead atoms. The van der Waals surface area contributed by atoms with Gasteiger partial charge in [0.1, 0.15) is 0 Å². The van der Waals surface area contributed by atoms with Gasteiger partial charge in [-0.15, -0.1) is 0 Å². The van der Waals surface area contributed by atoms with Crippen LogP contribution in [0.15, 0.2) is 34.8 Å². The number of hydrogen-bond acceptors (Lipinski definition) is 2. The molecule has 2 atom stereocenters. The molecule has 106 valence electrons. The highest BCUT2D eigenvalue weighted by molar-refractivity contribution is 9.10. The maximum atomic E-state index is 12.4. The molecule has 2 aliphatic rings. The van der Waals surface area contributed by atoms with Crippen LogP contribution in [0, 0.1) is 0 Å². The number of amides is 1. The maximum Gasteiger partial charge on any atom is 0.247 e. The van der Waals surface area contributed by atoms with E-state index in [0.717, 1.165) is 35.7 Å². The number of hydrogen-bond donors (Lipinski definition) is 1. The fourth-order valence-corrected chi connectivity index (χ4v) is 3.60. The van der Waals surface area contributed by atoms with E-state index in [2.05, 4.69) is 15.9 Å². The van der Waals surface area contributed by atoms with Crippen molar-refractivity contribution in [3.8, 4) is 0 Å². The second kappa shape index (κ2) is 5.70. The van der Waals surface area contributed by atoms with Crippen molar-refractivity contribution in [3.05, 3.63) is 40.4 Å². The summed E-state index contributed by atoms with van der Waals surface area (Å²) in [6.45, 7) is 0. The molecule has 0 radical (unpaired) electrons. The van der Waals surface area contributed by atoms with Crippen molar-refractivity contribution in [3.63, 3.8) is 0 Å². The first-order chi connectivity index (χ1) is 9.63. The van der Waals surface area contributed by atoms with Gasteiger partial charge in [-0.2, -0.15) is 0 Å². The van der Waals surface area contributed by atoms with Crippen molar-refractivity contribution < 1.29 is 9.90 Å². The zero-order valence-corrected chi connectivity index (χ0v) is 12.8. The number of carbonyl (C=O) groups is 1. The molecule has 1 N–H and O–H groups in total. The summed E-state index contributed by atoms with van der Waals surface area (Å²) >= 11 is 3.39. The van der Waals surface area contributed by atoms with Gasteiger partial charge in [-0.3, -0.25) is 4.79 Å². The second-order valence-electron chi connectivity index (χ2n) is 5.64. The standard InChI is InChI=1S/C16H18BrNO2/c17-12-4-1-11(2-5-12)3-8-16(20)18-13-6-7-14(18)10-15(19)9-13/h1-5,8,13-15,19H,6-7,9-10H2. The molecular weight excluding hydrogens is 318 g/mol. The quantitative estimate of drug-likeness (QED) is 0.844. The lowest BCUT2D eigenvalue weighted by atomic mass is 10.00. The number of aliphatic hydroxyl groups excluding tert-OH is 1. The molecule has 2 aliphatic heterocycles. The summed E-state index contributed by atoms with van der Waals surface area (Å²) in [5, 5.41) is 9.76. The van der Waals surface area contributed by atoms with E-state index in [-0.39, 0.29) is 24.1 Å². The first-order valence-electron chi connectivity index (χ1n) is 7.07. The predicted molar refractivity (Wildman–Crippen MR) is 82.1 cm³/mol. The number of fused-ring (bicyclic) bond motifs is 2. The summed E-state index contributed by atoms with van der Waals surface area (Å²) in [5.74, 6) is 0.0762. The Morgan fingerprint density at radius 2 is 1.80 bits per heavy atom. The molecule has 0 saturated carbocycles. The molecule has 2 saturated heterocycles. The fraction of sp³-hybridized carbons (Fsp3) is 0.438. The molecule has 3 rings (SSSR count). The summed E-state index contributed by atoms with van der Waals surface area (Å²) in [7, 11) is 0. The zero-order valence-electron chi connectivity index (χ0n) is 11.2. The van der Waals surface area contributed by atoms with Gasteiger partial charge in [0.2, 0.25) is 5.91 Å². The van der Waals surface area contributed by atoms with Gasteiger partial charge in [-0.1, -0.05) is 28.1 Å². The van der Waals surface area contributed by atoms with Crippen LogP contribution in [0.25, 0.3) is 6.08 Å². The van der Waals surface area contributed by atoms with Crippen LogP contribution in [0.4, 0.5) is 0 Å². The van der Waals surface area contributed by atoms with Crippen molar-refractivity contribution in [2.45, 2.75) is 43.9 Å². The predicted octanol–water partition coefficient (Wildman–Crippen LogP) is 2.98. The summed E-state index contributed by atoms with van der Waals surface area (Å²) in [6.07, 6.45) is 6.81. The van der Waals surface area contributed by atoms with Gasteiger partial charge in [-0.25, -0.2) is 0 Å². The average molecular weight is 336 g/mol. The summed E-state index contributed by atoms with van der Waals surface area (Å²) in [6, 6.07) is 8.33. The van der Waals surface area contributed by atoms with Gasteiger partial charge in [0.15, 0.2) is 0 Å². The SMILES string of the molecule is O=C(C=Cc1ccc(Br)cc1)N1C2CCC1CC(O)C2. The smallest absolute Gasteiger partial charge is 0.247 e. The molecule has 2 fully saturated rings. The molecule has 1 aromatic rings. The van der Waals surface area contributed by atoms with Crippen LogP contribution in [0.5, 0.6) is 0 Å². The fourth-order valence-electron chi connectivity index (χ4n) is 3.34. The third-order valence-electron chi connectivity index (χ3n) is 4.25. The van der Waals surface area contributed by atoms with Gasteiger partial charge in [0, 0.05) is 22.6 Å². The third-order valence-corrected chi connectivity index (χ3v) is 4.78. The number of benzene rings is 1. The Morgan fingerprint density at radius 3 is 2.40 bits per heavy atom. The van der Waals surface area contributed by atoms with Crippen LogP contribution in [0.2, 0.25) is 0 Å². The molecule has 0 aliphatic carbocycles. The second-order valence-corrected chi connectivity index (χ2v) is 6.56. The Balaban J connectivity index is 1.69. The molecule has 1 aromatic carbocycles. The van der Waals surface area contributed by atoms with E-state index in [9.17, 15) is 9.90 Å². The third kappa shape index (κ3) is 2.81. The molecule has 3 nitrogen and oxygen atoms in total.